The van der Waals surface area contributed by atoms with E-state index in [1.165, 1.54) is 0 Å². The second kappa shape index (κ2) is 6.44. The van der Waals surface area contributed by atoms with Crippen molar-refractivity contribution in [2.75, 3.05) is 0 Å². The SMILES string of the molecule is CC(C)C[C@H](N)c1ccccc1C#N.Cl. The van der Waals surface area contributed by atoms with Crippen LogP contribution in [0.4, 0.5) is 0 Å². The average Bonchev–Trinajstić information content (AvgIpc) is 2.16. The summed E-state index contributed by atoms with van der Waals surface area (Å²) in [5.41, 5.74) is 7.68. The van der Waals surface area contributed by atoms with E-state index in [4.69, 9.17) is 11.0 Å². The summed E-state index contributed by atoms with van der Waals surface area (Å²) in [5.74, 6) is 0.553. The molecule has 1 atom stereocenters. The average molecular weight is 225 g/mol. The van der Waals surface area contributed by atoms with Crippen molar-refractivity contribution >= 4 is 12.4 Å². The van der Waals surface area contributed by atoms with Crippen LogP contribution in [-0.4, -0.2) is 0 Å². The number of nitrogens with zero attached hydrogens (tertiary/aromatic N) is 1. The van der Waals surface area contributed by atoms with Gasteiger partial charge in [-0.15, -0.1) is 12.4 Å². The molecule has 1 aromatic carbocycles. The Hall–Kier alpha value is -1.04. The zero-order chi connectivity index (χ0) is 10.6. The van der Waals surface area contributed by atoms with Gasteiger partial charge in [0.2, 0.25) is 0 Å². The third-order valence-corrected chi connectivity index (χ3v) is 2.21. The van der Waals surface area contributed by atoms with E-state index in [9.17, 15) is 0 Å². The van der Waals surface area contributed by atoms with Crippen molar-refractivity contribution in [2.24, 2.45) is 11.7 Å². The predicted octanol–water partition coefficient (Wildman–Crippen LogP) is 3.03. The Morgan fingerprint density at radius 1 is 1.33 bits per heavy atom. The minimum atomic E-state index is -0.0224. The summed E-state index contributed by atoms with van der Waals surface area (Å²) in [6.07, 6.45) is 0.915. The molecular weight excluding hydrogens is 208 g/mol. The van der Waals surface area contributed by atoms with Crippen molar-refractivity contribution < 1.29 is 0 Å². The lowest BCUT2D eigenvalue weighted by Crippen LogP contribution is -2.14. The molecule has 2 nitrogen and oxygen atoms in total. The Bertz CT molecular complexity index is 342. The lowest BCUT2D eigenvalue weighted by atomic mass is 9.95. The lowest BCUT2D eigenvalue weighted by Gasteiger charge is -2.15. The third-order valence-electron chi connectivity index (χ3n) is 2.21. The van der Waals surface area contributed by atoms with Gasteiger partial charge in [0.05, 0.1) is 11.6 Å². The van der Waals surface area contributed by atoms with Gasteiger partial charge < -0.3 is 5.73 Å². The van der Waals surface area contributed by atoms with E-state index in [0.29, 0.717) is 11.5 Å². The van der Waals surface area contributed by atoms with E-state index in [1.807, 2.05) is 24.3 Å². The van der Waals surface area contributed by atoms with Crippen LogP contribution in [0.5, 0.6) is 0 Å². The highest BCUT2D eigenvalue weighted by atomic mass is 35.5. The number of benzene rings is 1. The Morgan fingerprint density at radius 3 is 2.47 bits per heavy atom. The number of nitrogens with two attached hydrogens (primary N) is 1. The number of hydrogen-bond donors (Lipinski definition) is 1. The van der Waals surface area contributed by atoms with Gasteiger partial charge in [0, 0.05) is 6.04 Å². The van der Waals surface area contributed by atoms with Crippen molar-refractivity contribution in [1.29, 1.82) is 5.26 Å². The first-order chi connectivity index (χ1) is 6.65. The largest absolute Gasteiger partial charge is 0.324 e. The van der Waals surface area contributed by atoms with E-state index in [2.05, 4.69) is 19.9 Å². The molecule has 15 heavy (non-hydrogen) atoms. The molecule has 0 aliphatic carbocycles. The molecule has 0 aromatic heterocycles. The van der Waals surface area contributed by atoms with Gasteiger partial charge in [0.25, 0.3) is 0 Å². The monoisotopic (exact) mass is 224 g/mol. The van der Waals surface area contributed by atoms with E-state index in [-0.39, 0.29) is 18.4 Å². The second-order valence-corrected chi connectivity index (χ2v) is 3.94. The zero-order valence-corrected chi connectivity index (χ0v) is 9.92. The minimum absolute atomic E-state index is 0. The molecule has 0 heterocycles. The van der Waals surface area contributed by atoms with Gasteiger partial charge in [-0.3, -0.25) is 0 Å². The maximum Gasteiger partial charge on any atom is 0.0995 e. The lowest BCUT2D eigenvalue weighted by molar-refractivity contribution is 0.509. The van der Waals surface area contributed by atoms with Crippen molar-refractivity contribution in [3.8, 4) is 6.07 Å². The Labute approximate surface area is 97.5 Å². The maximum atomic E-state index is 8.90. The summed E-state index contributed by atoms with van der Waals surface area (Å²) in [5, 5.41) is 8.90. The zero-order valence-electron chi connectivity index (χ0n) is 9.10. The molecule has 0 saturated heterocycles. The van der Waals surface area contributed by atoms with E-state index in [1.54, 1.807) is 0 Å². The molecule has 0 unspecified atom stereocenters. The van der Waals surface area contributed by atoms with Crippen molar-refractivity contribution in [1.82, 2.24) is 0 Å². The second-order valence-electron chi connectivity index (χ2n) is 3.94. The fraction of sp³-hybridized carbons (Fsp3) is 0.417. The summed E-state index contributed by atoms with van der Waals surface area (Å²) in [6.45, 7) is 4.27. The quantitative estimate of drug-likeness (QED) is 0.858. The molecule has 0 radical (unpaired) electrons. The standard InChI is InChI=1S/C12H16N2.ClH/c1-9(2)7-12(14)11-6-4-3-5-10(11)8-13;/h3-6,9,12H,7,14H2,1-2H3;1H/t12-;/m0./s1. The fourth-order valence-corrected chi connectivity index (χ4v) is 1.56. The Morgan fingerprint density at radius 2 is 1.93 bits per heavy atom. The first-order valence-electron chi connectivity index (χ1n) is 4.89. The van der Waals surface area contributed by atoms with Crippen LogP contribution in [-0.2, 0) is 0 Å². The minimum Gasteiger partial charge on any atom is -0.324 e. The van der Waals surface area contributed by atoms with Crippen LogP contribution in [0, 0.1) is 17.2 Å². The molecule has 1 rings (SSSR count). The normalized spacial score (nSPS) is 11.7. The maximum absolute atomic E-state index is 8.90. The van der Waals surface area contributed by atoms with Crippen LogP contribution >= 0.6 is 12.4 Å². The molecule has 0 saturated carbocycles. The third kappa shape index (κ3) is 3.91. The van der Waals surface area contributed by atoms with Gasteiger partial charge in [-0.2, -0.15) is 5.26 Å². The van der Waals surface area contributed by atoms with Crippen LogP contribution in [0.1, 0.15) is 37.4 Å². The first kappa shape index (κ1) is 14.0. The van der Waals surface area contributed by atoms with Crippen molar-refractivity contribution in [3.63, 3.8) is 0 Å². The van der Waals surface area contributed by atoms with Gasteiger partial charge in [-0.25, -0.2) is 0 Å². The van der Waals surface area contributed by atoms with Gasteiger partial charge in [0.1, 0.15) is 0 Å². The van der Waals surface area contributed by atoms with Crippen LogP contribution in [0.15, 0.2) is 24.3 Å². The highest BCUT2D eigenvalue weighted by Gasteiger charge is 2.11. The summed E-state index contributed by atoms with van der Waals surface area (Å²) in [6, 6.07) is 9.69. The molecule has 3 heteroatoms. The number of halogens is 1. The number of nitriles is 1. The number of hydrogen-bond acceptors (Lipinski definition) is 2. The Kier molecular flexibility index (Phi) is 6.00. The summed E-state index contributed by atoms with van der Waals surface area (Å²) in [7, 11) is 0. The molecule has 82 valence electrons. The van der Waals surface area contributed by atoms with Crippen LogP contribution in [0.25, 0.3) is 0 Å². The predicted molar refractivity (Wildman–Crippen MR) is 64.8 cm³/mol. The molecule has 0 aliphatic rings. The van der Waals surface area contributed by atoms with E-state index < -0.39 is 0 Å². The van der Waals surface area contributed by atoms with E-state index >= 15 is 0 Å². The molecule has 0 amide bonds. The van der Waals surface area contributed by atoms with Gasteiger partial charge >= 0.3 is 0 Å². The summed E-state index contributed by atoms with van der Waals surface area (Å²) in [4.78, 5) is 0. The molecular formula is C12H17ClN2. The molecule has 2 N–H and O–H groups in total. The fourth-order valence-electron chi connectivity index (χ4n) is 1.56. The molecule has 1 aromatic rings. The molecule has 0 bridgehead atoms. The van der Waals surface area contributed by atoms with Gasteiger partial charge in [-0.1, -0.05) is 32.0 Å². The van der Waals surface area contributed by atoms with Gasteiger partial charge in [0.15, 0.2) is 0 Å². The smallest absolute Gasteiger partial charge is 0.0995 e. The van der Waals surface area contributed by atoms with Gasteiger partial charge in [-0.05, 0) is 24.0 Å². The summed E-state index contributed by atoms with van der Waals surface area (Å²) >= 11 is 0. The molecule has 0 spiro atoms. The van der Waals surface area contributed by atoms with Crippen LogP contribution in [0.3, 0.4) is 0 Å². The number of rotatable bonds is 3. The van der Waals surface area contributed by atoms with Crippen LogP contribution < -0.4 is 5.73 Å². The van der Waals surface area contributed by atoms with Crippen molar-refractivity contribution in [3.05, 3.63) is 35.4 Å². The highest BCUT2D eigenvalue weighted by molar-refractivity contribution is 5.85. The topological polar surface area (TPSA) is 49.8 Å². The van der Waals surface area contributed by atoms with Crippen molar-refractivity contribution in [2.45, 2.75) is 26.3 Å². The Balaban J connectivity index is 0.00000196. The molecule has 0 aliphatic heterocycles. The first-order valence-corrected chi connectivity index (χ1v) is 4.89. The van der Waals surface area contributed by atoms with Crippen LogP contribution in [0.2, 0.25) is 0 Å². The summed E-state index contributed by atoms with van der Waals surface area (Å²) < 4.78 is 0. The van der Waals surface area contributed by atoms with E-state index in [0.717, 1.165) is 12.0 Å². The molecule has 0 fully saturated rings. The highest BCUT2D eigenvalue weighted by Crippen LogP contribution is 2.21.